The number of benzene rings is 1. The van der Waals surface area contributed by atoms with E-state index in [0.29, 0.717) is 23.8 Å². The van der Waals surface area contributed by atoms with Crippen molar-refractivity contribution in [2.45, 2.75) is 38.6 Å². The van der Waals surface area contributed by atoms with Gasteiger partial charge in [-0.1, -0.05) is 23.7 Å². The Morgan fingerprint density at radius 1 is 1.28 bits per heavy atom. The molecule has 2 aliphatic rings. The van der Waals surface area contributed by atoms with E-state index in [1.807, 2.05) is 17.0 Å². The van der Waals surface area contributed by atoms with Crippen LogP contribution in [0.5, 0.6) is 0 Å². The number of halogens is 1. The Morgan fingerprint density at radius 2 is 2.20 bits per heavy atom. The number of carbonyl (C=O) groups is 1. The number of H-pyrrole nitrogens is 1. The number of hydrogen-bond donors (Lipinski definition) is 2. The van der Waals surface area contributed by atoms with Gasteiger partial charge >= 0.3 is 6.03 Å². The van der Waals surface area contributed by atoms with Crippen molar-refractivity contribution in [2.75, 3.05) is 11.9 Å². The minimum absolute atomic E-state index is 0.0994. The predicted octanol–water partition coefficient (Wildman–Crippen LogP) is 4.61. The van der Waals surface area contributed by atoms with Crippen molar-refractivity contribution in [3.63, 3.8) is 0 Å². The highest BCUT2D eigenvalue weighted by molar-refractivity contribution is 6.30. The standard InChI is InChI=1S/C19H21ClN4O/c20-14-7-4-8-15(11-14)21-19(25)24-10-9-17-16(12-24)18(23-22-17)13-5-2-1-3-6-13/h4-5,7-8,11H,1-3,6,9-10,12H2,(H,21,25)(H,22,23). The van der Waals surface area contributed by atoms with Gasteiger partial charge in [0.25, 0.3) is 0 Å². The van der Waals surface area contributed by atoms with Crippen LogP contribution in [-0.2, 0) is 13.0 Å². The second kappa shape index (κ2) is 6.92. The molecule has 1 aliphatic carbocycles. The normalized spacial score (nSPS) is 17.0. The van der Waals surface area contributed by atoms with Crippen LogP contribution in [0.15, 0.2) is 30.3 Å². The summed E-state index contributed by atoms with van der Waals surface area (Å²) in [5.41, 5.74) is 5.41. The summed E-state index contributed by atoms with van der Waals surface area (Å²) in [7, 11) is 0. The number of allylic oxidation sites excluding steroid dienone is 2. The van der Waals surface area contributed by atoms with Gasteiger partial charge in [-0.2, -0.15) is 5.10 Å². The van der Waals surface area contributed by atoms with Crippen LogP contribution < -0.4 is 5.32 Å². The highest BCUT2D eigenvalue weighted by Gasteiger charge is 2.26. The van der Waals surface area contributed by atoms with E-state index in [1.54, 1.807) is 12.1 Å². The van der Waals surface area contributed by atoms with E-state index in [4.69, 9.17) is 11.6 Å². The van der Waals surface area contributed by atoms with E-state index < -0.39 is 0 Å². The molecule has 2 N–H and O–H groups in total. The summed E-state index contributed by atoms with van der Waals surface area (Å²) in [6, 6.07) is 7.12. The van der Waals surface area contributed by atoms with Crippen LogP contribution in [0.3, 0.4) is 0 Å². The Bertz CT molecular complexity index is 827. The van der Waals surface area contributed by atoms with E-state index in [-0.39, 0.29) is 6.03 Å². The van der Waals surface area contributed by atoms with Gasteiger partial charge in [0.15, 0.2) is 0 Å². The van der Waals surface area contributed by atoms with Crippen molar-refractivity contribution in [3.05, 3.63) is 52.3 Å². The number of rotatable bonds is 2. The zero-order valence-corrected chi connectivity index (χ0v) is 14.8. The first-order valence-corrected chi connectivity index (χ1v) is 9.15. The molecule has 0 bridgehead atoms. The number of nitrogens with zero attached hydrogens (tertiary/aromatic N) is 2. The molecule has 1 aliphatic heterocycles. The molecule has 25 heavy (non-hydrogen) atoms. The lowest BCUT2D eigenvalue weighted by Crippen LogP contribution is -2.39. The molecule has 0 saturated carbocycles. The molecule has 0 saturated heterocycles. The number of nitrogens with one attached hydrogen (secondary N) is 2. The highest BCUT2D eigenvalue weighted by atomic mass is 35.5. The van der Waals surface area contributed by atoms with Crippen molar-refractivity contribution in [1.29, 1.82) is 0 Å². The summed E-state index contributed by atoms with van der Waals surface area (Å²) in [5, 5.41) is 11.3. The molecule has 2 heterocycles. The number of amides is 2. The van der Waals surface area contributed by atoms with Crippen LogP contribution in [-0.4, -0.2) is 27.7 Å². The molecular weight excluding hydrogens is 336 g/mol. The average Bonchev–Trinajstić information content (AvgIpc) is 3.05. The minimum Gasteiger partial charge on any atom is -0.320 e. The fourth-order valence-corrected chi connectivity index (χ4v) is 3.75. The molecule has 2 amide bonds. The van der Waals surface area contributed by atoms with Crippen molar-refractivity contribution in [3.8, 4) is 0 Å². The van der Waals surface area contributed by atoms with Gasteiger partial charge in [0.1, 0.15) is 0 Å². The summed E-state index contributed by atoms with van der Waals surface area (Å²) in [6.45, 7) is 1.27. The quantitative estimate of drug-likeness (QED) is 0.825. The van der Waals surface area contributed by atoms with E-state index in [1.165, 1.54) is 24.0 Å². The molecule has 0 unspecified atom stereocenters. The van der Waals surface area contributed by atoms with Crippen molar-refractivity contribution in [2.24, 2.45) is 0 Å². The Morgan fingerprint density at radius 3 is 3.00 bits per heavy atom. The van der Waals surface area contributed by atoms with Gasteiger partial charge in [-0.05, 0) is 49.5 Å². The summed E-state index contributed by atoms with van der Waals surface area (Å²) in [5.74, 6) is 0. The molecular formula is C19H21ClN4O. The topological polar surface area (TPSA) is 61.0 Å². The molecule has 0 radical (unpaired) electrons. The van der Waals surface area contributed by atoms with Crippen molar-refractivity contribution in [1.82, 2.24) is 15.1 Å². The summed E-state index contributed by atoms with van der Waals surface area (Å²) in [6.07, 6.45) is 7.77. The lowest BCUT2D eigenvalue weighted by atomic mass is 9.93. The number of carbonyl (C=O) groups excluding carboxylic acids is 1. The third-order valence-electron chi connectivity index (χ3n) is 4.89. The molecule has 0 fully saturated rings. The van der Waals surface area contributed by atoms with Crippen LogP contribution in [0.1, 0.15) is 42.6 Å². The molecule has 0 spiro atoms. The number of anilines is 1. The lowest BCUT2D eigenvalue weighted by molar-refractivity contribution is 0.206. The summed E-state index contributed by atoms with van der Waals surface area (Å²) >= 11 is 5.99. The van der Waals surface area contributed by atoms with E-state index >= 15 is 0 Å². The monoisotopic (exact) mass is 356 g/mol. The fourth-order valence-electron chi connectivity index (χ4n) is 3.56. The van der Waals surface area contributed by atoms with Crippen LogP contribution in [0.25, 0.3) is 5.57 Å². The van der Waals surface area contributed by atoms with E-state index in [9.17, 15) is 4.79 Å². The zero-order chi connectivity index (χ0) is 17.2. The summed E-state index contributed by atoms with van der Waals surface area (Å²) < 4.78 is 0. The fraction of sp³-hybridized carbons (Fsp3) is 0.368. The third kappa shape index (κ3) is 3.42. The van der Waals surface area contributed by atoms with Crippen LogP contribution >= 0.6 is 11.6 Å². The second-order valence-corrected chi connectivity index (χ2v) is 7.05. The number of fused-ring (bicyclic) bond motifs is 1. The predicted molar refractivity (Wildman–Crippen MR) is 99.6 cm³/mol. The Hall–Kier alpha value is -2.27. The van der Waals surface area contributed by atoms with Crippen LogP contribution in [0.4, 0.5) is 10.5 Å². The third-order valence-corrected chi connectivity index (χ3v) is 5.13. The first-order valence-electron chi connectivity index (χ1n) is 8.78. The molecule has 4 rings (SSSR count). The van der Waals surface area contributed by atoms with Gasteiger partial charge in [-0.15, -0.1) is 0 Å². The first kappa shape index (κ1) is 16.2. The van der Waals surface area contributed by atoms with Crippen LogP contribution in [0, 0.1) is 0 Å². The highest BCUT2D eigenvalue weighted by Crippen LogP contribution is 2.31. The van der Waals surface area contributed by atoms with Gasteiger partial charge in [0.05, 0.1) is 12.2 Å². The van der Waals surface area contributed by atoms with E-state index in [2.05, 4.69) is 21.6 Å². The maximum atomic E-state index is 12.6. The molecule has 5 nitrogen and oxygen atoms in total. The maximum absolute atomic E-state index is 12.6. The molecule has 1 aromatic carbocycles. The van der Waals surface area contributed by atoms with Gasteiger partial charge in [-0.3, -0.25) is 5.10 Å². The van der Waals surface area contributed by atoms with Crippen molar-refractivity contribution < 1.29 is 4.79 Å². The van der Waals surface area contributed by atoms with Gasteiger partial charge < -0.3 is 10.2 Å². The molecule has 0 atom stereocenters. The minimum atomic E-state index is -0.0994. The number of hydrogen-bond acceptors (Lipinski definition) is 2. The number of aromatic nitrogens is 2. The first-order chi connectivity index (χ1) is 12.2. The maximum Gasteiger partial charge on any atom is 0.322 e. The average molecular weight is 357 g/mol. The van der Waals surface area contributed by atoms with Gasteiger partial charge in [0.2, 0.25) is 0 Å². The van der Waals surface area contributed by atoms with Gasteiger partial charge in [0, 0.05) is 34.9 Å². The zero-order valence-electron chi connectivity index (χ0n) is 14.0. The smallest absolute Gasteiger partial charge is 0.320 e. The van der Waals surface area contributed by atoms with Crippen molar-refractivity contribution >= 4 is 28.9 Å². The Kier molecular flexibility index (Phi) is 4.49. The van der Waals surface area contributed by atoms with Crippen LogP contribution in [0.2, 0.25) is 5.02 Å². The lowest BCUT2D eigenvalue weighted by Gasteiger charge is -2.27. The molecule has 130 valence electrons. The molecule has 6 heteroatoms. The van der Waals surface area contributed by atoms with E-state index in [0.717, 1.165) is 30.7 Å². The number of urea groups is 1. The number of aromatic amines is 1. The molecule has 1 aromatic heterocycles. The summed E-state index contributed by atoms with van der Waals surface area (Å²) in [4.78, 5) is 14.5. The molecule has 2 aromatic rings. The SMILES string of the molecule is O=C(Nc1cccc(Cl)c1)N1CCc2[nH]nc(C3=CCCCC3)c2C1. The van der Waals surface area contributed by atoms with Gasteiger partial charge in [-0.25, -0.2) is 4.79 Å². The Balaban J connectivity index is 1.51. The second-order valence-electron chi connectivity index (χ2n) is 6.62. The largest absolute Gasteiger partial charge is 0.322 e. The Labute approximate surface area is 152 Å².